The lowest BCUT2D eigenvalue weighted by Crippen LogP contribution is -2.27. The van der Waals surface area contributed by atoms with E-state index in [1.165, 1.54) is 11.0 Å². The van der Waals surface area contributed by atoms with Crippen LogP contribution in [0.2, 0.25) is 0 Å². The molecule has 0 radical (unpaired) electrons. The van der Waals surface area contributed by atoms with Gasteiger partial charge in [-0.1, -0.05) is 15.9 Å². The molecule has 1 aromatic rings. The number of nitrogens with zero attached hydrogens (tertiary/aromatic N) is 1. The Morgan fingerprint density at radius 2 is 2.12 bits per heavy atom. The molecule has 2 rings (SSSR count). The van der Waals surface area contributed by atoms with Crippen molar-refractivity contribution >= 4 is 33.2 Å². The van der Waals surface area contributed by atoms with Gasteiger partial charge in [-0.3, -0.25) is 4.79 Å². The first-order valence-electron chi connectivity index (χ1n) is 4.68. The molecule has 0 spiro atoms. The van der Waals surface area contributed by atoms with E-state index in [0.717, 1.165) is 6.07 Å². The molecule has 1 saturated heterocycles. The molecule has 1 atom stereocenters. The summed E-state index contributed by atoms with van der Waals surface area (Å²) in [7, 11) is 0. The van der Waals surface area contributed by atoms with Crippen molar-refractivity contribution in [3.8, 4) is 0 Å². The Kier molecular flexibility index (Phi) is 2.84. The number of benzene rings is 1. The van der Waals surface area contributed by atoms with Crippen LogP contribution in [0.3, 0.4) is 0 Å². The Morgan fingerprint density at radius 1 is 1.44 bits per heavy atom. The van der Waals surface area contributed by atoms with Gasteiger partial charge in [-0.25, -0.2) is 8.78 Å². The van der Waals surface area contributed by atoms with E-state index in [0.29, 0.717) is 6.54 Å². The van der Waals surface area contributed by atoms with Crippen molar-refractivity contribution in [3.05, 3.63) is 23.8 Å². The summed E-state index contributed by atoms with van der Waals surface area (Å²) in [5.74, 6) is -2.34. The van der Waals surface area contributed by atoms with Gasteiger partial charge >= 0.3 is 0 Å². The lowest BCUT2D eigenvalue weighted by atomic mass is 10.2. The maximum Gasteiger partial charge on any atom is 0.228 e. The number of nitrogen functional groups attached to an aromatic ring is 1. The molecule has 3 nitrogen and oxygen atoms in total. The summed E-state index contributed by atoms with van der Waals surface area (Å²) in [5, 5.41) is 0. The average Bonchev–Trinajstić information content (AvgIpc) is 2.53. The second-order valence-electron chi connectivity index (χ2n) is 3.60. The summed E-state index contributed by atoms with van der Waals surface area (Å²) in [5.41, 5.74) is 5.47. The number of amides is 1. The molecule has 16 heavy (non-hydrogen) atoms. The highest BCUT2D eigenvalue weighted by Gasteiger charge is 2.32. The maximum atomic E-state index is 13.6. The number of carbonyl (C=O) groups is 1. The largest absolute Gasteiger partial charge is 0.397 e. The normalized spacial score (nSPS) is 20.6. The highest BCUT2D eigenvalue weighted by Crippen LogP contribution is 2.33. The van der Waals surface area contributed by atoms with E-state index in [9.17, 15) is 13.6 Å². The molecule has 2 N–H and O–H groups in total. The molecule has 1 aliphatic heterocycles. The predicted octanol–water partition coefficient (Wildman–Crippen LogP) is 2.05. The van der Waals surface area contributed by atoms with Crippen LogP contribution in [0, 0.1) is 11.6 Å². The zero-order chi connectivity index (χ0) is 11.9. The molecule has 1 fully saturated rings. The number of hydrogen-bond acceptors (Lipinski definition) is 2. The van der Waals surface area contributed by atoms with Gasteiger partial charge < -0.3 is 10.6 Å². The van der Waals surface area contributed by atoms with Gasteiger partial charge in [0.1, 0.15) is 5.69 Å². The van der Waals surface area contributed by atoms with E-state index in [1.807, 2.05) is 0 Å². The van der Waals surface area contributed by atoms with Crippen molar-refractivity contribution in [1.82, 2.24) is 0 Å². The lowest BCUT2D eigenvalue weighted by Gasteiger charge is -2.18. The number of hydrogen-bond donors (Lipinski definition) is 1. The molecule has 0 aromatic heterocycles. The number of carbonyl (C=O) groups excluding carboxylic acids is 1. The number of halogens is 3. The highest BCUT2D eigenvalue weighted by molar-refractivity contribution is 9.09. The molecule has 1 heterocycles. The average molecular weight is 291 g/mol. The second kappa shape index (κ2) is 4.01. The van der Waals surface area contributed by atoms with Gasteiger partial charge in [0.25, 0.3) is 0 Å². The number of nitrogens with two attached hydrogens (primary N) is 1. The van der Waals surface area contributed by atoms with E-state index < -0.39 is 11.6 Å². The molecule has 0 aliphatic carbocycles. The van der Waals surface area contributed by atoms with Crippen molar-refractivity contribution < 1.29 is 13.6 Å². The minimum Gasteiger partial charge on any atom is -0.397 e. The number of anilines is 2. The zero-order valence-electron chi connectivity index (χ0n) is 8.21. The Labute approximate surface area is 99.3 Å². The number of rotatable bonds is 1. The van der Waals surface area contributed by atoms with Crippen LogP contribution < -0.4 is 10.6 Å². The fourth-order valence-corrected chi connectivity index (χ4v) is 2.28. The predicted molar refractivity (Wildman–Crippen MR) is 60.5 cm³/mol. The van der Waals surface area contributed by atoms with Gasteiger partial charge in [-0.05, 0) is 12.1 Å². The summed E-state index contributed by atoms with van der Waals surface area (Å²) in [6.07, 6.45) is 0.259. The van der Waals surface area contributed by atoms with Crippen LogP contribution in [0.25, 0.3) is 0 Å². The van der Waals surface area contributed by atoms with E-state index >= 15 is 0 Å². The minimum absolute atomic E-state index is 0.0536. The standard InChI is InChI=1S/C10H9BrF2N2O/c11-5-3-8(16)15(4-5)10-7(14)2-1-6(12)9(10)13/h1-2,5H,3-4,14H2. The van der Waals surface area contributed by atoms with E-state index in [2.05, 4.69) is 15.9 Å². The van der Waals surface area contributed by atoms with Crippen molar-refractivity contribution in [2.45, 2.75) is 11.2 Å². The SMILES string of the molecule is Nc1ccc(F)c(F)c1N1CC(Br)CC1=O. The minimum atomic E-state index is -1.07. The third kappa shape index (κ3) is 1.77. The van der Waals surface area contributed by atoms with Gasteiger partial charge in [-0.2, -0.15) is 0 Å². The van der Waals surface area contributed by atoms with Crippen LogP contribution in [-0.4, -0.2) is 17.3 Å². The van der Waals surface area contributed by atoms with Gasteiger partial charge in [0.2, 0.25) is 5.91 Å². The van der Waals surface area contributed by atoms with Gasteiger partial charge in [0.05, 0.1) is 5.69 Å². The molecule has 6 heteroatoms. The Hall–Kier alpha value is -1.17. The topological polar surface area (TPSA) is 46.3 Å². The van der Waals surface area contributed by atoms with Crippen LogP contribution in [0.1, 0.15) is 6.42 Å². The highest BCUT2D eigenvalue weighted by atomic mass is 79.9. The molecule has 1 aromatic carbocycles. The Morgan fingerprint density at radius 3 is 2.69 bits per heavy atom. The molecule has 1 amide bonds. The van der Waals surface area contributed by atoms with Crippen molar-refractivity contribution in [2.75, 3.05) is 17.2 Å². The van der Waals surface area contributed by atoms with E-state index in [4.69, 9.17) is 5.73 Å². The van der Waals surface area contributed by atoms with Crippen LogP contribution in [-0.2, 0) is 4.79 Å². The number of alkyl halides is 1. The fourth-order valence-electron chi connectivity index (χ4n) is 1.71. The smallest absolute Gasteiger partial charge is 0.228 e. The van der Waals surface area contributed by atoms with Gasteiger partial charge in [-0.15, -0.1) is 0 Å². The summed E-state index contributed by atoms with van der Waals surface area (Å²) in [6.45, 7) is 0.295. The summed E-state index contributed by atoms with van der Waals surface area (Å²) in [6, 6.07) is 2.20. The molecule has 0 saturated carbocycles. The van der Waals surface area contributed by atoms with Gasteiger partial charge in [0.15, 0.2) is 11.6 Å². The van der Waals surface area contributed by atoms with E-state index in [-0.39, 0.29) is 28.5 Å². The molecular formula is C10H9BrF2N2O. The van der Waals surface area contributed by atoms with E-state index in [1.54, 1.807) is 0 Å². The third-order valence-electron chi connectivity index (χ3n) is 2.45. The molecule has 86 valence electrons. The van der Waals surface area contributed by atoms with Crippen LogP contribution in [0.15, 0.2) is 12.1 Å². The molecule has 1 unspecified atom stereocenters. The Balaban J connectivity index is 2.48. The third-order valence-corrected chi connectivity index (χ3v) is 3.06. The summed E-state index contributed by atoms with van der Waals surface area (Å²) < 4.78 is 26.6. The quantitative estimate of drug-likeness (QED) is 0.636. The monoisotopic (exact) mass is 290 g/mol. The second-order valence-corrected chi connectivity index (χ2v) is 4.90. The first-order valence-corrected chi connectivity index (χ1v) is 5.60. The maximum absolute atomic E-state index is 13.6. The summed E-state index contributed by atoms with van der Waals surface area (Å²) in [4.78, 5) is 12.7. The summed E-state index contributed by atoms with van der Waals surface area (Å²) >= 11 is 3.26. The van der Waals surface area contributed by atoms with Crippen molar-refractivity contribution in [1.29, 1.82) is 0 Å². The first kappa shape index (κ1) is 11.3. The van der Waals surface area contributed by atoms with Crippen molar-refractivity contribution in [2.24, 2.45) is 0 Å². The van der Waals surface area contributed by atoms with Crippen LogP contribution in [0.4, 0.5) is 20.2 Å². The molecular weight excluding hydrogens is 282 g/mol. The molecule has 0 bridgehead atoms. The first-order chi connectivity index (χ1) is 7.50. The van der Waals surface area contributed by atoms with Gasteiger partial charge in [0, 0.05) is 17.8 Å². The Bertz CT molecular complexity index is 453. The van der Waals surface area contributed by atoms with Crippen molar-refractivity contribution in [3.63, 3.8) is 0 Å². The fraction of sp³-hybridized carbons (Fsp3) is 0.300. The van der Waals surface area contributed by atoms with Crippen LogP contribution in [0.5, 0.6) is 0 Å². The lowest BCUT2D eigenvalue weighted by molar-refractivity contribution is -0.117. The van der Waals surface area contributed by atoms with Crippen LogP contribution >= 0.6 is 15.9 Å². The molecule has 1 aliphatic rings. The zero-order valence-corrected chi connectivity index (χ0v) is 9.80.